The van der Waals surface area contributed by atoms with Gasteiger partial charge in [-0.3, -0.25) is 29.3 Å². The summed E-state index contributed by atoms with van der Waals surface area (Å²) in [7, 11) is 0. The smallest absolute Gasteiger partial charge is 0.262 e. The predicted octanol–water partition coefficient (Wildman–Crippen LogP) is 2.12. The zero-order valence-corrected chi connectivity index (χ0v) is 14.9. The average molecular weight is 378 g/mol. The molecule has 0 bridgehead atoms. The minimum absolute atomic E-state index is 0.154. The van der Waals surface area contributed by atoms with Gasteiger partial charge in [-0.25, -0.2) is 0 Å². The minimum atomic E-state index is -0.454. The summed E-state index contributed by atoms with van der Waals surface area (Å²) in [6, 6.07) is 8.47. The van der Waals surface area contributed by atoms with E-state index in [1.54, 1.807) is 48.0 Å². The predicted molar refractivity (Wildman–Crippen MR) is 99.0 cm³/mol. The number of fused-ring (bicyclic) bond motifs is 1. The lowest BCUT2D eigenvalue weighted by Crippen LogP contribution is -2.40. The maximum absolute atomic E-state index is 12.3. The normalized spacial score (nSPS) is 13.0. The second-order valence-corrected chi connectivity index (χ2v) is 6.66. The Balaban J connectivity index is 1.43. The summed E-state index contributed by atoms with van der Waals surface area (Å²) < 4.78 is 0. The number of carbonyl (C=O) groups is 3. The van der Waals surface area contributed by atoms with Crippen molar-refractivity contribution in [1.82, 2.24) is 20.2 Å². The number of thiophene rings is 1. The van der Waals surface area contributed by atoms with E-state index in [1.807, 2.05) is 16.8 Å². The molecule has 0 aliphatic carbocycles. The fourth-order valence-corrected chi connectivity index (χ4v) is 3.54. The monoisotopic (exact) mass is 378 g/mol. The molecule has 134 valence electrons. The van der Waals surface area contributed by atoms with Crippen molar-refractivity contribution in [2.45, 2.75) is 6.54 Å². The fourth-order valence-electron chi connectivity index (χ4n) is 2.90. The van der Waals surface area contributed by atoms with Crippen LogP contribution in [0, 0.1) is 0 Å². The van der Waals surface area contributed by atoms with Gasteiger partial charge in [-0.15, -0.1) is 0 Å². The number of imide groups is 1. The number of nitrogens with zero attached hydrogens (tertiary/aromatic N) is 3. The molecule has 7 nitrogen and oxygen atoms in total. The van der Waals surface area contributed by atoms with Gasteiger partial charge < -0.3 is 5.32 Å². The molecule has 1 aliphatic rings. The van der Waals surface area contributed by atoms with Crippen LogP contribution in [0.4, 0.5) is 0 Å². The van der Waals surface area contributed by atoms with Crippen molar-refractivity contribution in [3.8, 4) is 11.3 Å². The Morgan fingerprint density at radius 2 is 1.74 bits per heavy atom. The third kappa shape index (κ3) is 3.22. The Kier molecular flexibility index (Phi) is 4.47. The lowest BCUT2D eigenvalue weighted by molar-refractivity contribution is -0.121. The Bertz CT molecular complexity index is 998. The summed E-state index contributed by atoms with van der Waals surface area (Å²) in [5.41, 5.74) is 2.89. The Labute approximate surface area is 158 Å². The van der Waals surface area contributed by atoms with E-state index in [2.05, 4.69) is 15.3 Å². The third-order valence-corrected chi connectivity index (χ3v) is 4.88. The van der Waals surface area contributed by atoms with Crippen LogP contribution < -0.4 is 5.32 Å². The molecule has 1 aliphatic heterocycles. The van der Waals surface area contributed by atoms with Crippen LogP contribution in [0.5, 0.6) is 0 Å². The van der Waals surface area contributed by atoms with Gasteiger partial charge in [0.15, 0.2) is 0 Å². The van der Waals surface area contributed by atoms with Crippen molar-refractivity contribution < 1.29 is 14.4 Å². The molecular weight excluding hydrogens is 364 g/mol. The van der Waals surface area contributed by atoms with E-state index in [9.17, 15) is 14.4 Å². The van der Waals surface area contributed by atoms with Crippen LogP contribution in [0.3, 0.4) is 0 Å². The summed E-state index contributed by atoms with van der Waals surface area (Å²) in [5, 5.41) is 6.60. The molecule has 0 spiro atoms. The lowest BCUT2D eigenvalue weighted by Gasteiger charge is -2.14. The first-order chi connectivity index (χ1) is 13.1. The van der Waals surface area contributed by atoms with Gasteiger partial charge >= 0.3 is 0 Å². The van der Waals surface area contributed by atoms with E-state index in [-0.39, 0.29) is 13.1 Å². The summed E-state index contributed by atoms with van der Waals surface area (Å²) in [4.78, 5) is 46.5. The second-order valence-electron chi connectivity index (χ2n) is 5.88. The molecule has 0 saturated heterocycles. The highest BCUT2D eigenvalue weighted by Gasteiger charge is 2.36. The summed E-state index contributed by atoms with van der Waals surface area (Å²) in [6.45, 7) is -0.179. The third-order valence-electron chi connectivity index (χ3n) is 4.20. The van der Waals surface area contributed by atoms with Gasteiger partial charge in [-0.1, -0.05) is 12.1 Å². The highest BCUT2D eigenvalue weighted by atomic mass is 32.1. The van der Waals surface area contributed by atoms with Crippen LogP contribution in [0.25, 0.3) is 11.3 Å². The number of hydrogen-bond donors (Lipinski definition) is 1. The molecule has 8 heteroatoms. The molecule has 3 heterocycles. The summed E-state index contributed by atoms with van der Waals surface area (Å²) >= 11 is 1.55. The molecule has 1 aromatic carbocycles. The van der Waals surface area contributed by atoms with Gasteiger partial charge in [0, 0.05) is 23.3 Å². The van der Waals surface area contributed by atoms with Crippen molar-refractivity contribution in [1.29, 1.82) is 0 Å². The molecule has 3 amide bonds. The van der Waals surface area contributed by atoms with Gasteiger partial charge in [0.1, 0.15) is 6.54 Å². The van der Waals surface area contributed by atoms with Crippen LogP contribution in [0.15, 0.2) is 53.5 Å². The largest absolute Gasteiger partial charge is 0.349 e. The molecule has 0 unspecified atom stereocenters. The van der Waals surface area contributed by atoms with Crippen LogP contribution in [-0.4, -0.2) is 39.1 Å². The number of hydrogen-bond acceptors (Lipinski definition) is 6. The zero-order valence-electron chi connectivity index (χ0n) is 14.1. The number of benzene rings is 1. The van der Waals surface area contributed by atoms with Crippen LogP contribution in [0.1, 0.15) is 26.4 Å². The molecule has 0 radical (unpaired) electrons. The van der Waals surface area contributed by atoms with Gasteiger partial charge in [0.25, 0.3) is 11.8 Å². The standard InChI is InChI=1S/C19H14N4O3S/c24-16(10-23-18(25)13-3-1-2-4-14(13)19(23)26)22-9-15-17(21-7-6-20-15)12-5-8-27-11-12/h1-8,11H,9-10H2,(H,22,24). The van der Waals surface area contributed by atoms with Gasteiger partial charge in [0.2, 0.25) is 5.91 Å². The fraction of sp³-hybridized carbons (Fsp3) is 0.105. The van der Waals surface area contributed by atoms with Crippen LogP contribution in [0.2, 0.25) is 0 Å². The van der Waals surface area contributed by atoms with Gasteiger partial charge in [-0.05, 0) is 23.6 Å². The molecular formula is C19H14N4O3S. The zero-order chi connectivity index (χ0) is 18.8. The van der Waals surface area contributed by atoms with Crippen LogP contribution in [-0.2, 0) is 11.3 Å². The Morgan fingerprint density at radius 3 is 2.41 bits per heavy atom. The number of rotatable bonds is 5. The van der Waals surface area contributed by atoms with Gasteiger partial charge in [0.05, 0.1) is 29.1 Å². The second kappa shape index (κ2) is 7.08. The molecule has 0 saturated carbocycles. The highest BCUT2D eigenvalue weighted by molar-refractivity contribution is 7.08. The number of carbonyl (C=O) groups excluding carboxylic acids is 3. The van der Waals surface area contributed by atoms with E-state index in [0.717, 1.165) is 10.5 Å². The van der Waals surface area contributed by atoms with Crippen molar-refractivity contribution in [2.24, 2.45) is 0 Å². The topological polar surface area (TPSA) is 92.3 Å². The maximum Gasteiger partial charge on any atom is 0.262 e. The summed E-state index contributed by atoms with van der Waals surface area (Å²) in [5.74, 6) is -1.35. The van der Waals surface area contributed by atoms with E-state index in [4.69, 9.17) is 0 Å². The van der Waals surface area contributed by atoms with E-state index >= 15 is 0 Å². The SMILES string of the molecule is O=C(CN1C(=O)c2ccccc2C1=O)NCc1nccnc1-c1ccsc1. The molecule has 4 rings (SSSR count). The maximum atomic E-state index is 12.3. The quantitative estimate of drug-likeness (QED) is 0.687. The Hall–Kier alpha value is -3.39. The number of nitrogens with one attached hydrogen (secondary N) is 1. The lowest BCUT2D eigenvalue weighted by atomic mass is 10.1. The first kappa shape index (κ1) is 17.0. The number of amides is 3. The van der Waals surface area contributed by atoms with Crippen molar-refractivity contribution in [3.05, 3.63) is 70.3 Å². The van der Waals surface area contributed by atoms with Crippen molar-refractivity contribution in [3.63, 3.8) is 0 Å². The van der Waals surface area contributed by atoms with E-state index in [1.165, 1.54) is 0 Å². The molecule has 1 N–H and O–H groups in total. The van der Waals surface area contributed by atoms with Crippen LogP contribution >= 0.6 is 11.3 Å². The first-order valence-corrected chi connectivity index (χ1v) is 9.14. The molecule has 0 fully saturated rings. The Morgan fingerprint density at radius 1 is 1.04 bits per heavy atom. The average Bonchev–Trinajstić information content (AvgIpc) is 3.31. The van der Waals surface area contributed by atoms with Gasteiger partial charge in [-0.2, -0.15) is 11.3 Å². The highest BCUT2D eigenvalue weighted by Crippen LogP contribution is 2.23. The minimum Gasteiger partial charge on any atom is -0.349 e. The molecule has 27 heavy (non-hydrogen) atoms. The molecule has 3 aromatic rings. The van der Waals surface area contributed by atoms with Crippen molar-refractivity contribution >= 4 is 29.1 Å². The first-order valence-electron chi connectivity index (χ1n) is 8.19. The summed E-state index contributed by atoms with van der Waals surface area (Å²) in [6.07, 6.45) is 3.15. The van der Waals surface area contributed by atoms with Crippen molar-refractivity contribution in [2.75, 3.05) is 6.54 Å². The van der Waals surface area contributed by atoms with E-state index < -0.39 is 17.7 Å². The molecule has 0 atom stereocenters. The molecule has 2 aromatic heterocycles. The number of aromatic nitrogens is 2. The van der Waals surface area contributed by atoms with E-state index in [0.29, 0.717) is 22.5 Å².